The fourth-order valence-corrected chi connectivity index (χ4v) is 4.66. The lowest BCUT2D eigenvalue weighted by atomic mass is 10.1. The molecule has 7 nitrogen and oxygen atoms in total. The average Bonchev–Trinajstić information content (AvgIpc) is 3.14. The summed E-state index contributed by atoms with van der Waals surface area (Å²) in [5.41, 5.74) is 2.29. The Hall–Kier alpha value is -1.39. The lowest BCUT2D eigenvalue weighted by molar-refractivity contribution is -0.0721. The zero-order valence-corrected chi connectivity index (χ0v) is 21.8. The summed E-state index contributed by atoms with van der Waals surface area (Å²) < 4.78 is 14.2. The fraction of sp³-hybridized carbons (Fsp3) is 0.667. The Balaban J connectivity index is 0.00000289. The first kappa shape index (κ1) is 25.2. The number of guanidine groups is 1. The molecule has 1 unspecified atom stereocenters. The molecule has 2 saturated heterocycles. The third-order valence-corrected chi connectivity index (χ3v) is 6.43. The molecule has 0 spiro atoms. The lowest BCUT2D eigenvalue weighted by Gasteiger charge is -2.35. The molecule has 0 bridgehead atoms. The van der Waals surface area contributed by atoms with E-state index in [0.717, 1.165) is 82.4 Å². The molecule has 1 atom stereocenters. The number of aromatic nitrogens is 2. The van der Waals surface area contributed by atoms with Crippen molar-refractivity contribution >= 4 is 41.0 Å². The van der Waals surface area contributed by atoms with Crippen LogP contribution in [0.1, 0.15) is 44.3 Å². The number of piperidine rings is 1. The van der Waals surface area contributed by atoms with Crippen molar-refractivity contribution in [3.05, 3.63) is 30.1 Å². The molecule has 0 aliphatic carbocycles. The monoisotopic (exact) mass is 555 g/mol. The predicted octanol–water partition coefficient (Wildman–Crippen LogP) is 3.98. The van der Waals surface area contributed by atoms with E-state index in [0.29, 0.717) is 12.2 Å². The number of benzene rings is 1. The maximum atomic E-state index is 6.15. The molecule has 8 heteroatoms. The third kappa shape index (κ3) is 6.57. The van der Waals surface area contributed by atoms with Crippen LogP contribution < -0.4 is 5.32 Å². The zero-order valence-electron chi connectivity index (χ0n) is 19.5. The quantitative estimate of drug-likeness (QED) is 0.243. The highest BCUT2D eigenvalue weighted by Gasteiger charge is 2.23. The molecule has 32 heavy (non-hydrogen) atoms. The van der Waals surface area contributed by atoms with Crippen molar-refractivity contribution in [2.75, 3.05) is 39.9 Å². The first-order valence-electron chi connectivity index (χ1n) is 11.9. The molecule has 3 heterocycles. The van der Waals surface area contributed by atoms with Gasteiger partial charge in [0.25, 0.3) is 0 Å². The Labute approximate surface area is 209 Å². The van der Waals surface area contributed by atoms with Crippen molar-refractivity contribution in [2.24, 2.45) is 4.99 Å². The standard InChI is InChI=1S/C24H37N5O2.HI/c1-19-27-22-9-3-4-10-23(22)29(19)14-7-13-26-24(25-2)28-15-11-20(12-16-28)31-18-21-8-5-6-17-30-21;/h3-4,9-10,20-21H,5-8,11-18H2,1-2H3,(H,25,26);1H. The lowest BCUT2D eigenvalue weighted by Crippen LogP contribution is -2.47. The molecule has 1 N–H and O–H groups in total. The minimum absolute atomic E-state index is 0. The largest absolute Gasteiger partial charge is 0.376 e. The maximum absolute atomic E-state index is 6.15. The van der Waals surface area contributed by atoms with Gasteiger partial charge in [0.2, 0.25) is 0 Å². The number of fused-ring (bicyclic) bond motifs is 1. The van der Waals surface area contributed by atoms with E-state index < -0.39 is 0 Å². The first-order chi connectivity index (χ1) is 15.2. The van der Waals surface area contributed by atoms with Gasteiger partial charge in [-0.15, -0.1) is 24.0 Å². The predicted molar refractivity (Wildman–Crippen MR) is 140 cm³/mol. The second-order valence-electron chi connectivity index (χ2n) is 8.64. The molecule has 1 aromatic heterocycles. The molecule has 2 aliphatic heterocycles. The maximum Gasteiger partial charge on any atom is 0.193 e. The molecule has 0 saturated carbocycles. The fourth-order valence-electron chi connectivity index (χ4n) is 4.66. The van der Waals surface area contributed by atoms with Crippen LogP contribution in [0.2, 0.25) is 0 Å². The number of nitrogens with zero attached hydrogens (tertiary/aromatic N) is 4. The van der Waals surface area contributed by atoms with Gasteiger partial charge < -0.3 is 24.3 Å². The molecule has 2 aliphatic rings. The summed E-state index contributed by atoms with van der Waals surface area (Å²) in [7, 11) is 1.87. The van der Waals surface area contributed by atoms with Crippen molar-refractivity contribution in [1.82, 2.24) is 19.8 Å². The van der Waals surface area contributed by atoms with E-state index in [4.69, 9.17) is 9.47 Å². The number of nitrogens with one attached hydrogen (secondary N) is 1. The Bertz CT molecular complexity index is 857. The number of hydrogen-bond acceptors (Lipinski definition) is 4. The van der Waals surface area contributed by atoms with Crippen molar-refractivity contribution in [2.45, 2.75) is 64.2 Å². The second kappa shape index (κ2) is 12.7. The average molecular weight is 556 g/mol. The molecule has 2 aromatic rings. The smallest absolute Gasteiger partial charge is 0.193 e. The van der Waals surface area contributed by atoms with E-state index in [1.54, 1.807) is 0 Å². The molecule has 4 rings (SSSR count). The van der Waals surface area contributed by atoms with Crippen molar-refractivity contribution in [3.63, 3.8) is 0 Å². The number of rotatable bonds is 7. The van der Waals surface area contributed by atoms with Gasteiger partial charge in [-0.3, -0.25) is 4.99 Å². The van der Waals surface area contributed by atoms with Crippen molar-refractivity contribution in [3.8, 4) is 0 Å². The van der Waals surface area contributed by atoms with E-state index in [9.17, 15) is 0 Å². The Morgan fingerprint density at radius 2 is 2.03 bits per heavy atom. The highest BCUT2D eigenvalue weighted by atomic mass is 127. The van der Waals surface area contributed by atoms with Gasteiger partial charge in [0.15, 0.2) is 5.96 Å². The van der Waals surface area contributed by atoms with Crippen LogP contribution in [-0.2, 0) is 16.0 Å². The summed E-state index contributed by atoms with van der Waals surface area (Å²) in [6, 6.07) is 8.35. The van der Waals surface area contributed by atoms with E-state index in [1.807, 2.05) is 13.1 Å². The molecule has 0 radical (unpaired) electrons. The summed E-state index contributed by atoms with van der Waals surface area (Å²) in [4.78, 5) is 11.5. The summed E-state index contributed by atoms with van der Waals surface area (Å²) >= 11 is 0. The van der Waals surface area contributed by atoms with Gasteiger partial charge in [-0.2, -0.15) is 0 Å². The molecular weight excluding hydrogens is 517 g/mol. The van der Waals surface area contributed by atoms with E-state index in [-0.39, 0.29) is 24.0 Å². The van der Waals surface area contributed by atoms with Crippen molar-refractivity contribution in [1.29, 1.82) is 0 Å². The summed E-state index contributed by atoms with van der Waals surface area (Å²) in [6.07, 6.45) is 7.38. The van der Waals surface area contributed by atoms with Crippen LogP contribution in [0, 0.1) is 6.92 Å². The normalized spacial score (nSPS) is 20.4. The second-order valence-corrected chi connectivity index (χ2v) is 8.64. The van der Waals surface area contributed by atoms with Crippen LogP contribution in [0.5, 0.6) is 0 Å². The Kier molecular flexibility index (Phi) is 10.1. The minimum atomic E-state index is 0. The van der Waals surface area contributed by atoms with Crippen molar-refractivity contribution < 1.29 is 9.47 Å². The van der Waals surface area contributed by atoms with Crippen LogP contribution in [-0.4, -0.2) is 72.5 Å². The van der Waals surface area contributed by atoms with Gasteiger partial charge in [-0.05, 0) is 57.6 Å². The number of imidazole rings is 1. The third-order valence-electron chi connectivity index (χ3n) is 6.43. The van der Waals surface area contributed by atoms with Gasteiger partial charge in [0, 0.05) is 39.8 Å². The molecular formula is C24H38IN5O2. The minimum Gasteiger partial charge on any atom is -0.376 e. The molecule has 2 fully saturated rings. The van der Waals surface area contributed by atoms with Crippen LogP contribution in [0.15, 0.2) is 29.3 Å². The summed E-state index contributed by atoms with van der Waals surface area (Å²) in [5, 5.41) is 3.55. The van der Waals surface area contributed by atoms with E-state index in [2.05, 4.69) is 49.9 Å². The molecule has 0 amide bonds. The van der Waals surface area contributed by atoms with Gasteiger partial charge in [0.1, 0.15) is 5.82 Å². The van der Waals surface area contributed by atoms with Gasteiger partial charge in [0.05, 0.1) is 29.8 Å². The number of aryl methyl sites for hydroxylation is 2. The number of hydrogen-bond donors (Lipinski definition) is 1. The number of likely N-dealkylation sites (tertiary alicyclic amines) is 1. The molecule has 178 valence electrons. The topological polar surface area (TPSA) is 63.9 Å². The SMILES string of the molecule is CN=C(NCCCn1c(C)nc2ccccc21)N1CCC(OCC2CCCCO2)CC1.I. The van der Waals surface area contributed by atoms with Gasteiger partial charge >= 0.3 is 0 Å². The zero-order chi connectivity index (χ0) is 21.5. The van der Waals surface area contributed by atoms with Gasteiger partial charge in [-0.1, -0.05) is 12.1 Å². The van der Waals surface area contributed by atoms with Gasteiger partial charge in [-0.25, -0.2) is 4.98 Å². The van der Waals surface area contributed by atoms with Crippen LogP contribution in [0.25, 0.3) is 11.0 Å². The first-order valence-corrected chi connectivity index (χ1v) is 11.9. The highest BCUT2D eigenvalue weighted by Crippen LogP contribution is 2.18. The number of halogens is 1. The number of para-hydroxylation sites is 2. The van der Waals surface area contributed by atoms with Crippen LogP contribution >= 0.6 is 24.0 Å². The van der Waals surface area contributed by atoms with Crippen LogP contribution in [0.3, 0.4) is 0 Å². The molecule has 1 aromatic carbocycles. The number of ether oxygens (including phenoxy) is 2. The summed E-state index contributed by atoms with van der Waals surface area (Å²) in [5.74, 6) is 2.08. The van der Waals surface area contributed by atoms with E-state index >= 15 is 0 Å². The highest BCUT2D eigenvalue weighted by molar-refractivity contribution is 14.0. The number of aliphatic imine (C=N–C) groups is 1. The Morgan fingerprint density at radius 3 is 2.78 bits per heavy atom. The van der Waals surface area contributed by atoms with E-state index in [1.165, 1.54) is 18.4 Å². The Morgan fingerprint density at radius 1 is 1.22 bits per heavy atom. The van der Waals surface area contributed by atoms with Crippen LogP contribution in [0.4, 0.5) is 0 Å². The summed E-state index contributed by atoms with van der Waals surface area (Å²) in [6.45, 7) is 7.55.